The molecule has 2 aromatic carbocycles. The van der Waals surface area contributed by atoms with E-state index in [0.717, 1.165) is 30.6 Å². The number of sulfone groups is 1. The van der Waals surface area contributed by atoms with Gasteiger partial charge in [0.05, 0.1) is 18.1 Å². The quantitative estimate of drug-likeness (QED) is 0.538. The van der Waals surface area contributed by atoms with Crippen molar-refractivity contribution < 1.29 is 18.1 Å². The third kappa shape index (κ3) is 4.26. The smallest absolute Gasteiger partial charge is 0.311 e. The monoisotopic (exact) mass is 405 g/mol. The van der Waals surface area contributed by atoms with Crippen molar-refractivity contribution in [3.05, 3.63) is 58.1 Å². The number of anilines is 2. The van der Waals surface area contributed by atoms with Crippen molar-refractivity contribution in [1.82, 2.24) is 0 Å². The Kier molecular flexibility index (Phi) is 5.85. The van der Waals surface area contributed by atoms with Gasteiger partial charge in [0.1, 0.15) is 10.6 Å². The molecule has 1 fully saturated rings. The third-order valence-electron chi connectivity index (χ3n) is 4.72. The number of para-hydroxylation sites is 2. The van der Waals surface area contributed by atoms with Crippen LogP contribution < -0.4 is 9.80 Å². The van der Waals surface area contributed by atoms with E-state index in [4.69, 9.17) is 4.74 Å². The van der Waals surface area contributed by atoms with Crippen molar-refractivity contribution in [1.29, 1.82) is 0 Å². The van der Waals surface area contributed by atoms with Crippen LogP contribution in [0.15, 0.2) is 47.4 Å². The van der Waals surface area contributed by atoms with Crippen LogP contribution >= 0.6 is 0 Å². The van der Waals surface area contributed by atoms with Gasteiger partial charge < -0.3 is 14.5 Å². The maximum Gasteiger partial charge on any atom is 0.311 e. The molecular weight excluding hydrogens is 382 g/mol. The predicted octanol–water partition coefficient (Wildman–Crippen LogP) is 2.47. The van der Waals surface area contributed by atoms with Crippen LogP contribution in [0.5, 0.6) is 0 Å². The molecular formula is C19H23N3O5S. The van der Waals surface area contributed by atoms with Crippen molar-refractivity contribution in [3.63, 3.8) is 0 Å². The second-order valence-electron chi connectivity index (χ2n) is 6.74. The van der Waals surface area contributed by atoms with Gasteiger partial charge in [-0.2, -0.15) is 0 Å². The Bertz CT molecular complexity index is 971. The van der Waals surface area contributed by atoms with Crippen LogP contribution in [-0.4, -0.2) is 52.9 Å². The molecule has 28 heavy (non-hydrogen) atoms. The molecule has 0 unspecified atom stereocenters. The summed E-state index contributed by atoms with van der Waals surface area (Å²) in [5.41, 5.74) is 1.94. The Balaban J connectivity index is 1.97. The molecule has 0 atom stereocenters. The molecule has 0 bridgehead atoms. The normalized spacial score (nSPS) is 14.7. The van der Waals surface area contributed by atoms with E-state index in [9.17, 15) is 18.5 Å². The van der Waals surface area contributed by atoms with E-state index in [1.807, 2.05) is 24.3 Å². The molecule has 0 radical (unpaired) electrons. The summed E-state index contributed by atoms with van der Waals surface area (Å²) in [7, 11) is -2.00. The Labute approximate surface area is 164 Å². The summed E-state index contributed by atoms with van der Waals surface area (Å²) >= 11 is 0. The number of nitrogens with zero attached hydrogens (tertiary/aromatic N) is 3. The van der Waals surface area contributed by atoms with Gasteiger partial charge in [0.2, 0.25) is 0 Å². The molecule has 0 aromatic heterocycles. The molecule has 2 aromatic rings. The minimum atomic E-state index is -3.72. The standard InChI is InChI=1S/C19H23N3O5S/c1-20(17-8-5-9-18(28(2,25)26)19(17)22(23)24)14-15-6-3-4-7-16(15)21-10-12-27-13-11-21/h3-9H,10-14H2,1-2H3. The lowest BCUT2D eigenvalue weighted by Crippen LogP contribution is -2.37. The first-order valence-electron chi connectivity index (χ1n) is 8.88. The highest BCUT2D eigenvalue weighted by Crippen LogP contribution is 2.35. The van der Waals surface area contributed by atoms with Gasteiger partial charge in [-0.3, -0.25) is 10.1 Å². The number of ether oxygens (including phenoxy) is 1. The lowest BCUT2D eigenvalue weighted by Gasteiger charge is -2.31. The van der Waals surface area contributed by atoms with Gasteiger partial charge in [-0.1, -0.05) is 24.3 Å². The second-order valence-corrected chi connectivity index (χ2v) is 8.72. The van der Waals surface area contributed by atoms with Crippen LogP contribution in [0.3, 0.4) is 0 Å². The van der Waals surface area contributed by atoms with Gasteiger partial charge in [0, 0.05) is 38.6 Å². The molecule has 0 amide bonds. The molecule has 3 rings (SSSR count). The second kappa shape index (κ2) is 8.15. The summed E-state index contributed by atoms with van der Waals surface area (Å²) in [5, 5.41) is 11.7. The molecule has 1 saturated heterocycles. The highest BCUT2D eigenvalue weighted by Gasteiger charge is 2.28. The summed E-state index contributed by atoms with van der Waals surface area (Å²) in [5.74, 6) is 0. The average Bonchev–Trinajstić information content (AvgIpc) is 2.67. The minimum absolute atomic E-state index is 0.268. The highest BCUT2D eigenvalue weighted by molar-refractivity contribution is 7.90. The molecule has 150 valence electrons. The highest BCUT2D eigenvalue weighted by atomic mass is 32.2. The Morgan fingerprint density at radius 2 is 1.82 bits per heavy atom. The first-order valence-corrected chi connectivity index (χ1v) is 10.8. The Hall–Kier alpha value is -2.65. The lowest BCUT2D eigenvalue weighted by molar-refractivity contribution is -0.387. The van der Waals surface area contributed by atoms with Crippen molar-refractivity contribution >= 4 is 26.9 Å². The number of hydrogen-bond donors (Lipinski definition) is 0. The fraction of sp³-hybridized carbons (Fsp3) is 0.368. The van der Waals surface area contributed by atoms with Gasteiger partial charge in [0.15, 0.2) is 9.84 Å². The zero-order valence-electron chi connectivity index (χ0n) is 15.9. The van der Waals surface area contributed by atoms with Gasteiger partial charge >= 0.3 is 5.69 Å². The number of nitro groups is 1. The van der Waals surface area contributed by atoms with Crippen LogP contribution in [-0.2, 0) is 21.1 Å². The molecule has 0 saturated carbocycles. The number of rotatable bonds is 6. The molecule has 1 aliphatic heterocycles. The minimum Gasteiger partial charge on any atom is -0.378 e. The van der Waals surface area contributed by atoms with E-state index in [1.165, 1.54) is 12.1 Å². The van der Waals surface area contributed by atoms with Crippen LogP contribution in [0, 0.1) is 10.1 Å². The third-order valence-corrected chi connectivity index (χ3v) is 5.85. The molecule has 9 heteroatoms. The van der Waals surface area contributed by atoms with E-state index in [0.29, 0.717) is 19.8 Å². The largest absolute Gasteiger partial charge is 0.378 e. The van der Waals surface area contributed by atoms with Crippen molar-refractivity contribution in [2.45, 2.75) is 11.4 Å². The average molecular weight is 405 g/mol. The molecule has 0 spiro atoms. The van der Waals surface area contributed by atoms with Crippen LogP contribution in [0.25, 0.3) is 0 Å². The van der Waals surface area contributed by atoms with Gasteiger partial charge in [-0.25, -0.2) is 8.42 Å². The zero-order chi connectivity index (χ0) is 20.3. The number of benzene rings is 2. The molecule has 1 heterocycles. The van der Waals surface area contributed by atoms with Crippen LogP contribution in [0.4, 0.5) is 17.1 Å². The van der Waals surface area contributed by atoms with E-state index < -0.39 is 20.4 Å². The summed E-state index contributed by atoms with van der Waals surface area (Å²) in [6, 6.07) is 12.3. The molecule has 1 aliphatic rings. The number of hydrogen-bond acceptors (Lipinski definition) is 7. The Morgan fingerprint density at radius 3 is 2.46 bits per heavy atom. The van der Waals surface area contributed by atoms with Crippen molar-refractivity contribution in [2.75, 3.05) is 49.4 Å². The lowest BCUT2D eigenvalue weighted by atomic mass is 10.1. The first kappa shape index (κ1) is 20.1. The summed E-state index contributed by atoms with van der Waals surface area (Å²) in [4.78, 5) is 14.7. The Morgan fingerprint density at radius 1 is 1.14 bits per heavy atom. The zero-order valence-corrected chi connectivity index (χ0v) is 16.7. The summed E-state index contributed by atoms with van der Waals surface area (Å²) < 4.78 is 29.4. The van der Waals surface area contributed by atoms with E-state index in [1.54, 1.807) is 18.0 Å². The first-order chi connectivity index (χ1) is 13.3. The SMILES string of the molecule is CN(Cc1ccccc1N1CCOCC1)c1cccc(S(C)(=O)=O)c1[N+](=O)[O-]. The number of morpholine rings is 1. The topological polar surface area (TPSA) is 93.0 Å². The molecule has 8 nitrogen and oxygen atoms in total. The van der Waals surface area contributed by atoms with Gasteiger partial charge in [0.25, 0.3) is 0 Å². The van der Waals surface area contributed by atoms with E-state index in [2.05, 4.69) is 4.90 Å². The molecule has 0 N–H and O–H groups in total. The van der Waals surface area contributed by atoms with Gasteiger partial charge in [-0.05, 0) is 23.8 Å². The predicted molar refractivity (Wildman–Crippen MR) is 108 cm³/mol. The van der Waals surface area contributed by atoms with Crippen molar-refractivity contribution in [2.24, 2.45) is 0 Å². The van der Waals surface area contributed by atoms with Crippen molar-refractivity contribution in [3.8, 4) is 0 Å². The van der Waals surface area contributed by atoms with Crippen LogP contribution in [0.1, 0.15) is 5.56 Å². The molecule has 0 aliphatic carbocycles. The summed E-state index contributed by atoms with van der Waals surface area (Å²) in [6.45, 7) is 3.29. The fourth-order valence-corrected chi connectivity index (χ4v) is 4.26. The van der Waals surface area contributed by atoms with Gasteiger partial charge in [-0.15, -0.1) is 0 Å². The maximum atomic E-state index is 12.0. The van der Waals surface area contributed by atoms with E-state index in [-0.39, 0.29) is 10.6 Å². The fourth-order valence-electron chi connectivity index (χ4n) is 3.40. The van der Waals surface area contributed by atoms with Crippen LogP contribution in [0.2, 0.25) is 0 Å². The number of nitro benzene ring substituents is 1. The summed E-state index contributed by atoms with van der Waals surface area (Å²) in [6.07, 6.45) is 0.979. The maximum absolute atomic E-state index is 12.0. The van der Waals surface area contributed by atoms with E-state index >= 15 is 0 Å².